The van der Waals surface area contributed by atoms with E-state index in [1.54, 1.807) is 0 Å². The molecule has 5 nitrogen and oxygen atoms in total. The number of para-hydroxylation sites is 4. The Bertz CT molecular complexity index is 2660. The molecular weight excluding hydrogens is 613 g/mol. The summed E-state index contributed by atoms with van der Waals surface area (Å²) in [5.41, 5.74) is 11.6. The van der Waals surface area contributed by atoms with E-state index < -0.39 is 5.41 Å². The molecule has 7 aromatic carbocycles. The maximum Gasteiger partial charge on any atom is 0.235 e. The fraction of sp³-hybridized carbons (Fsp3) is 0.0222. The highest BCUT2D eigenvalue weighted by molar-refractivity contribution is 6.10. The molecule has 1 aliphatic rings. The van der Waals surface area contributed by atoms with Crippen LogP contribution in [-0.2, 0) is 5.41 Å². The van der Waals surface area contributed by atoms with Crippen molar-refractivity contribution in [2.24, 2.45) is 0 Å². The highest BCUT2D eigenvalue weighted by Gasteiger charge is 2.50. The molecular formula is C45H28N4O. The molecule has 0 saturated carbocycles. The van der Waals surface area contributed by atoms with Crippen molar-refractivity contribution >= 4 is 43.6 Å². The van der Waals surface area contributed by atoms with Gasteiger partial charge in [-0.1, -0.05) is 115 Å². The minimum Gasteiger partial charge on any atom is -0.426 e. The van der Waals surface area contributed by atoms with Crippen molar-refractivity contribution in [1.82, 2.24) is 19.3 Å². The Hall–Kier alpha value is -6.72. The zero-order chi connectivity index (χ0) is 32.8. The predicted octanol–water partition coefficient (Wildman–Crippen LogP) is 10.6. The van der Waals surface area contributed by atoms with Gasteiger partial charge in [-0.2, -0.15) is 0 Å². The number of hydrogen-bond donors (Lipinski definition) is 0. The molecule has 3 aromatic heterocycles. The quantitative estimate of drug-likeness (QED) is 0.192. The number of aromatic nitrogens is 4. The molecule has 50 heavy (non-hydrogen) atoms. The second-order valence-electron chi connectivity index (χ2n) is 13.1. The molecule has 234 valence electrons. The molecule has 0 fully saturated rings. The van der Waals surface area contributed by atoms with Gasteiger partial charge in [-0.25, -0.2) is 0 Å². The lowest BCUT2D eigenvalue weighted by molar-refractivity contribution is 0.448. The van der Waals surface area contributed by atoms with Gasteiger partial charge in [-0.15, -0.1) is 10.2 Å². The summed E-state index contributed by atoms with van der Waals surface area (Å²) in [6.45, 7) is 0. The maximum absolute atomic E-state index is 6.30. The monoisotopic (exact) mass is 640 g/mol. The third-order valence-electron chi connectivity index (χ3n) is 10.7. The van der Waals surface area contributed by atoms with Crippen LogP contribution in [-0.4, -0.2) is 19.3 Å². The second-order valence-corrected chi connectivity index (χ2v) is 13.1. The first-order valence-corrected chi connectivity index (χ1v) is 16.9. The summed E-state index contributed by atoms with van der Waals surface area (Å²) >= 11 is 0. The zero-order valence-electron chi connectivity index (χ0n) is 26.9. The summed E-state index contributed by atoms with van der Waals surface area (Å²) in [4.78, 5) is 0. The van der Waals surface area contributed by atoms with E-state index in [9.17, 15) is 0 Å². The summed E-state index contributed by atoms with van der Waals surface area (Å²) in [5.74, 6) is 0.544. The van der Waals surface area contributed by atoms with Crippen molar-refractivity contribution in [3.8, 4) is 22.5 Å². The summed E-state index contributed by atoms with van der Waals surface area (Å²) in [5, 5.41) is 13.9. The molecule has 5 heteroatoms. The first kappa shape index (κ1) is 27.3. The number of fused-ring (bicyclic) bond motifs is 9. The lowest BCUT2D eigenvalue weighted by Gasteiger charge is -2.30. The van der Waals surface area contributed by atoms with Crippen LogP contribution < -0.4 is 0 Å². The van der Waals surface area contributed by atoms with Gasteiger partial charge in [0.05, 0.1) is 22.1 Å². The lowest BCUT2D eigenvalue weighted by atomic mass is 9.72. The average Bonchev–Trinajstić information content (AvgIpc) is 3.96. The van der Waals surface area contributed by atoms with Gasteiger partial charge in [0.2, 0.25) is 12.3 Å². The molecule has 0 atom stereocenters. The lowest BCUT2D eigenvalue weighted by Crippen LogP contribution is -2.29. The zero-order valence-corrected chi connectivity index (χ0v) is 26.9. The largest absolute Gasteiger partial charge is 0.426 e. The van der Waals surface area contributed by atoms with E-state index in [1.165, 1.54) is 50.0 Å². The number of hydrogen-bond acceptors (Lipinski definition) is 3. The summed E-state index contributed by atoms with van der Waals surface area (Å²) in [7, 11) is 0. The molecule has 11 rings (SSSR count). The van der Waals surface area contributed by atoms with E-state index in [-0.39, 0.29) is 0 Å². The maximum atomic E-state index is 6.30. The van der Waals surface area contributed by atoms with Crippen LogP contribution in [0, 0.1) is 0 Å². The van der Waals surface area contributed by atoms with E-state index in [4.69, 9.17) is 9.52 Å². The number of rotatable bonds is 4. The first-order chi connectivity index (χ1) is 24.8. The van der Waals surface area contributed by atoms with Crippen molar-refractivity contribution < 1.29 is 4.42 Å². The van der Waals surface area contributed by atoms with E-state index in [0.29, 0.717) is 5.89 Å². The second kappa shape index (κ2) is 10.1. The molecule has 1 aliphatic carbocycles. The molecule has 0 radical (unpaired) electrons. The van der Waals surface area contributed by atoms with Crippen LogP contribution in [0.5, 0.6) is 0 Å². The van der Waals surface area contributed by atoms with Crippen LogP contribution in [0.2, 0.25) is 0 Å². The van der Waals surface area contributed by atoms with Gasteiger partial charge >= 0.3 is 0 Å². The Labute approximate surface area is 287 Å². The molecule has 10 aromatic rings. The smallest absolute Gasteiger partial charge is 0.235 e. The highest BCUT2D eigenvalue weighted by Crippen LogP contribution is 2.57. The third kappa shape index (κ3) is 3.50. The molecule has 0 aliphatic heterocycles. The van der Waals surface area contributed by atoms with Gasteiger partial charge in [0, 0.05) is 32.9 Å². The summed E-state index contributed by atoms with van der Waals surface area (Å²) in [6.07, 6.45) is 1.45. The van der Waals surface area contributed by atoms with E-state index in [1.807, 2.05) is 0 Å². The fourth-order valence-corrected chi connectivity index (χ4v) is 8.67. The first-order valence-electron chi connectivity index (χ1n) is 16.9. The Balaban J connectivity index is 1.24. The summed E-state index contributed by atoms with van der Waals surface area (Å²) in [6, 6.07) is 58.9. The SMILES string of the molecule is c1ccc(C2(c3nnco3)c3cc(-n4c5ccccc5c5ccccc54)ccc3-c3ccc(-n4c5ccccc5c5ccccc54)cc32)cc1. The molecule has 3 heterocycles. The molecule has 0 N–H and O–H groups in total. The Morgan fingerprint density at radius 3 is 1.28 bits per heavy atom. The van der Waals surface area contributed by atoms with Gasteiger partial charge < -0.3 is 13.6 Å². The Morgan fingerprint density at radius 2 is 0.860 bits per heavy atom. The third-order valence-corrected chi connectivity index (χ3v) is 10.7. The molecule has 0 spiro atoms. The fourth-order valence-electron chi connectivity index (χ4n) is 8.67. The van der Waals surface area contributed by atoms with Gasteiger partial charge in [-0.3, -0.25) is 0 Å². The average molecular weight is 641 g/mol. The van der Waals surface area contributed by atoms with Crippen molar-refractivity contribution in [3.05, 3.63) is 193 Å². The van der Waals surface area contributed by atoms with Crippen molar-refractivity contribution in [1.29, 1.82) is 0 Å². The molecule has 0 bridgehead atoms. The number of benzene rings is 7. The van der Waals surface area contributed by atoms with Crippen molar-refractivity contribution in [2.45, 2.75) is 5.41 Å². The number of nitrogens with zero attached hydrogens (tertiary/aromatic N) is 4. The van der Waals surface area contributed by atoms with Gasteiger partial charge in [0.25, 0.3) is 0 Å². The van der Waals surface area contributed by atoms with Crippen LogP contribution in [0.15, 0.2) is 175 Å². The van der Waals surface area contributed by atoms with Gasteiger partial charge in [0.15, 0.2) is 0 Å². The van der Waals surface area contributed by atoms with E-state index >= 15 is 0 Å². The van der Waals surface area contributed by atoms with E-state index in [0.717, 1.165) is 39.2 Å². The standard InChI is InChI=1S/C45H28N4O/c1-2-12-29(13-3-1)45(44-47-46-28-50-44)38-26-30(48-40-18-8-4-14-34(40)35-15-5-9-19-41(35)48)22-24-32(38)33-25-23-31(27-39(33)45)49-42-20-10-6-16-36(42)37-17-7-11-21-43(37)49/h1-28H. The molecule has 0 saturated heterocycles. The minimum absolute atomic E-state index is 0.544. The van der Waals surface area contributed by atoms with Crippen molar-refractivity contribution in [2.75, 3.05) is 0 Å². The van der Waals surface area contributed by atoms with Crippen molar-refractivity contribution in [3.63, 3.8) is 0 Å². The van der Waals surface area contributed by atoms with Crippen LogP contribution >= 0.6 is 0 Å². The van der Waals surface area contributed by atoms with Crippen LogP contribution in [0.4, 0.5) is 0 Å². The summed E-state index contributed by atoms with van der Waals surface area (Å²) < 4.78 is 11.0. The minimum atomic E-state index is -0.855. The van der Waals surface area contributed by atoms with Crippen LogP contribution in [0.25, 0.3) is 66.1 Å². The van der Waals surface area contributed by atoms with Crippen LogP contribution in [0.3, 0.4) is 0 Å². The highest BCUT2D eigenvalue weighted by atomic mass is 16.4. The topological polar surface area (TPSA) is 48.8 Å². The van der Waals surface area contributed by atoms with Gasteiger partial charge in [-0.05, 0) is 76.3 Å². The Kier molecular flexibility index (Phi) is 5.53. The molecule has 0 amide bonds. The Morgan fingerprint density at radius 1 is 0.440 bits per heavy atom. The van der Waals surface area contributed by atoms with E-state index in [2.05, 4.69) is 178 Å². The van der Waals surface area contributed by atoms with Crippen LogP contribution in [0.1, 0.15) is 22.6 Å². The molecule has 0 unspecified atom stereocenters. The van der Waals surface area contributed by atoms with Gasteiger partial charge in [0.1, 0.15) is 5.41 Å². The normalized spacial score (nSPS) is 13.4. The predicted molar refractivity (Wildman–Crippen MR) is 200 cm³/mol.